The number of methoxy groups -OCH3 is 1. The highest BCUT2D eigenvalue weighted by atomic mass is 79.9. The predicted molar refractivity (Wildman–Crippen MR) is 101 cm³/mol. The van der Waals surface area contributed by atoms with E-state index in [4.69, 9.17) is 4.74 Å². The molecule has 1 unspecified atom stereocenters. The molecule has 0 N–H and O–H groups in total. The Labute approximate surface area is 156 Å². The molecule has 2 aromatic rings. The first kappa shape index (κ1) is 17.0. The summed E-state index contributed by atoms with van der Waals surface area (Å²) in [5, 5.41) is 0. The lowest BCUT2D eigenvalue weighted by atomic mass is 9.98. The zero-order valence-electron chi connectivity index (χ0n) is 11.1. The zero-order valence-corrected chi connectivity index (χ0v) is 18.2. The van der Waals surface area contributed by atoms with Gasteiger partial charge in [-0.3, -0.25) is 0 Å². The topological polar surface area (TPSA) is 9.23 Å². The van der Waals surface area contributed by atoms with Crippen LogP contribution in [-0.2, 0) is 0 Å². The first-order valence-corrected chi connectivity index (χ1v) is 9.90. The molecule has 0 bridgehead atoms. The molecule has 0 radical (unpaired) electrons. The number of ether oxygens (including phenoxy) is 1. The van der Waals surface area contributed by atoms with E-state index in [0.29, 0.717) is 0 Å². The number of thiophene rings is 1. The highest BCUT2D eigenvalue weighted by Gasteiger charge is 2.24. The molecule has 0 amide bonds. The van der Waals surface area contributed by atoms with Gasteiger partial charge in [-0.2, -0.15) is 0 Å². The van der Waals surface area contributed by atoms with Crippen LogP contribution in [0.3, 0.4) is 0 Å². The van der Waals surface area contributed by atoms with Crippen LogP contribution in [0.2, 0.25) is 0 Å². The van der Waals surface area contributed by atoms with E-state index in [9.17, 15) is 0 Å². The van der Waals surface area contributed by atoms with E-state index in [1.54, 1.807) is 18.4 Å². The molecule has 0 aliphatic heterocycles. The smallest absolute Gasteiger partial charge is 0.126 e. The Hall–Kier alpha value is 0.640. The van der Waals surface area contributed by atoms with Crippen LogP contribution >= 0.6 is 75.1 Å². The molecule has 0 saturated carbocycles. The van der Waals surface area contributed by atoms with Gasteiger partial charge >= 0.3 is 0 Å². The molecule has 6 heteroatoms. The van der Waals surface area contributed by atoms with Gasteiger partial charge < -0.3 is 4.74 Å². The van der Waals surface area contributed by atoms with Gasteiger partial charge in [0.25, 0.3) is 0 Å². The van der Waals surface area contributed by atoms with Gasteiger partial charge in [-0.25, -0.2) is 0 Å². The largest absolute Gasteiger partial charge is 0.496 e. The second kappa shape index (κ2) is 6.82. The van der Waals surface area contributed by atoms with Crippen LogP contribution in [0.4, 0.5) is 0 Å². The third-order valence-electron chi connectivity index (χ3n) is 3.12. The van der Waals surface area contributed by atoms with Crippen LogP contribution in [0, 0.1) is 13.8 Å². The van der Waals surface area contributed by atoms with Crippen LogP contribution in [-0.4, -0.2) is 7.11 Å². The number of aryl methyl sites for hydroxylation is 1. The standard InChI is InChI=1S/C14H12Br4OS/c1-6-4-9(15)7(2)11(13(6)19-3)12(17)8-5-10(16)20-14(8)18/h4-5,12H,1-3H3. The maximum Gasteiger partial charge on any atom is 0.126 e. The maximum absolute atomic E-state index is 5.63. The highest BCUT2D eigenvalue weighted by Crippen LogP contribution is 2.47. The van der Waals surface area contributed by atoms with Crippen LogP contribution in [0.15, 0.2) is 24.2 Å². The lowest BCUT2D eigenvalue weighted by Gasteiger charge is -2.20. The molecule has 0 fully saturated rings. The first-order valence-electron chi connectivity index (χ1n) is 5.79. The molecule has 1 heterocycles. The molecular formula is C14H12Br4OS. The van der Waals surface area contributed by atoms with Crippen molar-refractivity contribution in [2.24, 2.45) is 0 Å². The third-order valence-corrected chi connectivity index (χ3v) is 7.28. The van der Waals surface area contributed by atoms with Crippen molar-refractivity contribution >= 4 is 75.1 Å². The van der Waals surface area contributed by atoms with Crippen molar-refractivity contribution < 1.29 is 4.74 Å². The van der Waals surface area contributed by atoms with E-state index in [-0.39, 0.29) is 4.83 Å². The number of benzene rings is 1. The summed E-state index contributed by atoms with van der Waals surface area (Å²) in [6, 6.07) is 4.22. The van der Waals surface area contributed by atoms with Crippen molar-refractivity contribution in [2.75, 3.05) is 7.11 Å². The van der Waals surface area contributed by atoms with E-state index in [0.717, 1.165) is 28.9 Å². The summed E-state index contributed by atoms with van der Waals surface area (Å²) in [6.07, 6.45) is 0. The Morgan fingerprint density at radius 1 is 1.15 bits per heavy atom. The van der Waals surface area contributed by atoms with Gasteiger partial charge in [0.15, 0.2) is 0 Å². The molecule has 108 valence electrons. The number of rotatable bonds is 3. The van der Waals surface area contributed by atoms with E-state index < -0.39 is 0 Å². The minimum Gasteiger partial charge on any atom is -0.496 e. The Morgan fingerprint density at radius 3 is 2.30 bits per heavy atom. The summed E-state index contributed by atoms with van der Waals surface area (Å²) in [7, 11) is 1.72. The predicted octanol–water partition coefficient (Wildman–Crippen LogP) is 7.15. The SMILES string of the molecule is COc1c(C)cc(Br)c(C)c1C(Br)c1cc(Br)sc1Br. The Balaban J connectivity index is 2.65. The Bertz CT molecular complexity index is 651. The maximum atomic E-state index is 5.63. The lowest BCUT2D eigenvalue weighted by molar-refractivity contribution is 0.406. The van der Waals surface area contributed by atoms with E-state index in [1.165, 1.54) is 11.1 Å². The second-order valence-corrected chi connectivity index (χ2v) is 9.91. The fraction of sp³-hybridized carbons (Fsp3) is 0.286. The number of hydrogen-bond donors (Lipinski definition) is 0. The van der Waals surface area contributed by atoms with Gasteiger partial charge in [0.05, 0.1) is 19.5 Å². The monoisotopic (exact) mass is 544 g/mol. The van der Waals surface area contributed by atoms with Crippen molar-refractivity contribution in [1.82, 2.24) is 0 Å². The van der Waals surface area contributed by atoms with Gasteiger partial charge in [-0.15, -0.1) is 11.3 Å². The quantitative estimate of drug-likeness (QED) is 0.371. The van der Waals surface area contributed by atoms with E-state index in [1.807, 2.05) is 0 Å². The molecule has 20 heavy (non-hydrogen) atoms. The first-order chi connectivity index (χ1) is 9.36. The summed E-state index contributed by atoms with van der Waals surface area (Å²) in [5.41, 5.74) is 4.66. The number of alkyl halides is 1. The second-order valence-electron chi connectivity index (χ2n) is 4.39. The van der Waals surface area contributed by atoms with Crippen molar-refractivity contribution in [3.8, 4) is 5.75 Å². The lowest BCUT2D eigenvalue weighted by Crippen LogP contribution is -2.02. The van der Waals surface area contributed by atoms with Gasteiger partial charge in [0.2, 0.25) is 0 Å². The van der Waals surface area contributed by atoms with Crippen molar-refractivity contribution in [1.29, 1.82) is 0 Å². The molecule has 0 aliphatic carbocycles. The Morgan fingerprint density at radius 2 is 1.80 bits per heavy atom. The van der Waals surface area contributed by atoms with Crippen LogP contribution in [0.25, 0.3) is 0 Å². The van der Waals surface area contributed by atoms with Crippen LogP contribution in [0.1, 0.15) is 27.1 Å². The van der Waals surface area contributed by atoms with Gasteiger partial charge in [0.1, 0.15) is 5.75 Å². The molecule has 1 aromatic carbocycles. The minimum absolute atomic E-state index is 0.0746. The van der Waals surface area contributed by atoms with Gasteiger partial charge in [0, 0.05) is 10.0 Å². The summed E-state index contributed by atoms with van der Waals surface area (Å²) < 4.78 is 8.94. The average Bonchev–Trinajstić information content (AvgIpc) is 2.71. The molecule has 1 atom stereocenters. The van der Waals surface area contributed by atoms with Gasteiger partial charge in [-0.1, -0.05) is 31.9 Å². The molecule has 0 aliphatic rings. The summed E-state index contributed by atoms with van der Waals surface area (Å²) in [4.78, 5) is 0.0746. The Kier molecular flexibility index (Phi) is 5.79. The minimum atomic E-state index is 0.0746. The number of hydrogen-bond acceptors (Lipinski definition) is 2. The molecule has 0 spiro atoms. The molecular weight excluding hydrogens is 536 g/mol. The van der Waals surface area contributed by atoms with Gasteiger partial charge in [-0.05, 0) is 74.5 Å². The van der Waals surface area contributed by atoms with Crippen molar-refractivity contribution in [3.63, 3.8) is 0 Å². The van der Waals surface area contributed by atoms with Crippen LogP contribution in [0.5, 0.6) is 5.75 Å². The number of halogens is 4. The fourth-order valence-electron chi connectivity index (χ4n) is 2.13. The summed E-state index contributed by atoms with van der Waals surface area (Å²) in [6.45, 7) is 4.16. The molecule has 0 saturated heterocycles. The average molecular weight is 548 g/mol. The molecule has 2 rings (SSSR count). The van der Waals surface area contributed by atoms with Crippen LogP contribution < -0.4 is 4.74 Å². The molecule has 1 nitrogen and oxygen atoms in total. The zero-order chi connectivity index (χ0) is 15.0. The highest BCUT2D eigenvalue weighted by molar-refractivity contribution is 9.12. The molecule has 1 aromatic heterocycles. The normalized spacial score (nSPS) is 12.6. The summed E-state index contributed by atoms with van der Waals surface area (Å²) in [5.74, 6) is 0.932. The summed E-state index contributed by atoms with van der Waals surface area (Å²) >= 11 is 16.3. The van der Waals surface area contributed by atoms with E-state index >= 15 is 0 Å². The third kappa shape index (κ3) is 3.19. The fourth-order valence-corrected chi connectivity index (χ4v) is 6.96. The van der Waals surface area contributed by atoms with E-state index in [2.05, 4.69) is 89.7 Å². The van der Waals surface area contributed by atoms with Crippen molar-refractivity contribution in [3.05, 3.63) is 46.4 Å². The van der Waals surface area contributed by atoms with Crippen molar-refractivity contribution in [2.45, 2.75) is 18.7 Å².